The number of carbonyl (C=O) groups excluding carboxylic acids is 2. The number of nitrogens with zero attached hydrogens (tertiary/aromatic N) is 3. The van der Waals surface area contributed by atoms with Crippen LogP contribution in [0.4, 0.5) is 5.95 Å². The normalized spacial score (nSPS) is 11.2. The largest absolute Gasteiger partial charge is 0.328 e. The van der Waals surface area contributed by atoms with Crippen LogP contribution in [0.5, 0.6) is 0 Å². The lowest BCUT2D eigenvalue weighted by atomic mass is 10.2. The smallest absolute Gasteiger partial charge is 0.289 e. The molecule has 0 aliphatic heterocycles. The average molecular weight is 414 g/mol. The van der Waals surface area contributed by atoms with Crippen LogP contribution in [0.2, 0.25) is 0 Å². The number of rotatable bonds is 7. The molecule has 1 heterocycles. The zero-order chi connectivity index (χ0) is 22.1. The van der Waals surface area contributed by atoms with E-state index in [4.69, 9.17) is 0 Å². The molecule has 0 bridgehead atoms. The second-order valence-electron chi connectivity index (χ2n) is 6.65. The standard InChI is InChI=1S/C23H22N6O2/c1-16-8-10-18(11-9-16)14-26-29-22(31)20(15-25-23-24-13-12-17(2)27-23)28-21(30)19-6-4-3-5-7-19/h3-15H,1-2H3,(H,28,30)(H,29,31)(H,24,25,27)/b20-15+,26-14-. The summed E-state index contributed by atoms with van der Waals surface area (Å²) >= 11 is 0. The Hall–Kier alpha value is -4.33. The van der Waals surface area contributed by atoms with Crippen molar-refractivity contribution in [1.29, 1.82) is 0 Å². The Balaban J connectivity index is 1.74. The van der Waals surface area contributed by atoms with E-state index in [1.807, 2.05) is 38.1 Å². The van der Waals surface area contributed by atoms with Crippen molar-refractivity contribution in [3.8, 4) is 0 Å². The van der Waals surface area contributed by atoms with Crippen molar-refractivity contribution in [3.05, 3.63) is 101 Å². The molecule has 3 aromatic rings. The monoisotopic (exact) mass is 414 g/mol. The number of hydrogen-bond donors (Lipinski definition) is 3. The molecule has 0 fully saturated rings. The van der Waals surface area contributed by atoms with Crippen molar-refractivity contribution in [1.82, 2.24) is 20.7 Å². The summed E-state index contributed by atoms with van der Waals surface area (Å²) in [6, 6.07) is 18.0. The fourth-order valence-electron chi connectivity index (χ4n) is 2.48. The molecular weight excluding hydrogens is 392 g/mol. The quantitative estimate of drug-likeness (QED) is 0.313. The first kappa shape index (κ1) is 21.4. The Morgan fingerprint density at radius 2 is 1.71 bits per heavy atom. The molecule has 2 aromatic carbocycles. The van der Waals surface area contributed by atoms with Gasteiger partial charge >= 0.3 is 0 Å². The molecule has 1 aromatic heterocycles. The summed E-state index contributed by atoms with van der Waals surface area (Å²) in [6.07, 6.45) is 4.43. The Morgan fingerprint density at radius 1 is 0.968 bits per heavy atom. The molecule has 0 saturated carbocycles. The summed E-state index contributed by atoms with van der Waals surface area (Å²) in [7, 11) is 0. The van der Waals surface area contributed by atoms with E-state index in [-0.39, 0.29) is 5.70 Å². The Bertz CT molecular complexity index is 1110. The van der Waals surface area contributed by atoms with E-state index >= 15 is 0 Å². The predicted octanol–water partition coefficient (Wildman–Crippen LogP) is 2.93. The number of carbonyl (C=O) groups is 2. The lowest BCUT2D eigenvalue weighted by molar-refractivity contribution is -0.117. The first-order valence-electron chi connectivity index (χ1n) is 9.54. The fourth-order valence-corrected chi connectivity index (χ4v) is 2.48. The minimum Gasteiger partial charge on any atom is -0.328 e. The van der Waals surface area contributed by atoms with Gasteiger partial charge in [0, 0.05) is 23.7 Å². The minimum absolute atomic E-state index is 0.0417. The summed E-state index contributed by atoms with van der Waals surface area (Å²) in [5.74, 6) is -0.744. The highest BCUT2D eigenvalue weighted by Gasteiger charge is 2.14. The maximum absolute atomic E-state index is 12.7. The third-order valence-electron chi connectivity index (χ3n) is 4.13. The van der Waals surface area contributed by atoms with Gasteiger partial charge in [-0.1, -0.05) is 48.0 Å². The fraction of sp³-hybridized carbons (Fsp3) is 0.0870. The van der Waals surface area contributed by atoms with E-state index in [2.05, 4.69) is 31.1 Å². The van der Waals surface area contributed by atoms with Gasteiger partial charge in [0.1, 0.15) is 5.70 Å². The van der Waals surface area contributed by atoms with Gasteiger partial charge in [-0.15, -0.1) is 0 Å². The number of hydrogen-bond acceptors (Lipinski definition) is 6. The Labute approximate surface area is 180 Å². The molecule has 31 heavy (non-hydrogen) atoms. The van der Waals surface area contributed by atoms with Gasteiger partial charge in [-0.3, -0.25) is 9.59 Å². The van der Waals surface area contributed by atoms with Gasteiger partial charge in [-0.25, -0.2) is 15.4 Å². The van der Waals surface area contributed by atoms with E-state index in [9.17, 15) is 9.59 Å². The Morgan fingerprint density at radius 3 is 2.42 bits per heavy atom. The Kier molecular flexibility index (Phi) is 7.21. The SMILES string of the molecule is Cc1ccc(/C=N\NC(=O)/C(=C\Nc2nccc(C)n2)NC(=O)c2ccccc2)cc1. The number of hydrazone groups is 1. The van der Waals surface area contributed by atoms with E-state index in [0.29, 0.717) is 11.5 Å². The van der Waals surface area contributed by atoms with Crippen molar-refractivity contribution in [2.75, 3.05) is 5.32 Å². The van der Waals surface area contributed by atoms with Crippen LogP contribution in [0, 0.1) is 13.8 Å². The maximum Gasteiger partial charge on any atom is 0.289 e. The molecule has 2 amide bonds. The highest BCUT2D eigenvalue weighted by Crippen LogP contribution is 2.04. The molecule has 0 atom stereocenters. The van der Waals surface area contributed by atoms with Crippen molar-refractivity contribution in [2.45, 2.75) is 13.8 Å². The second-order valence-corrected chi connectivity index (χ2v) is 6.65. The van der Waals surface area contributed by atoms with Gasteiger partial charge in [0.15, 0.2) is 0 Å². The molecule has 3 N–H and O–H groups in total. The van der Waals surface area contributed by atoms with Crippen molar-refractivity contribution < 1.29 is 9.59 Å². The van der Waals surface area contributed by atoms with Crippen LogP contribution in [0.25, 0.3) is 0 Å². The van der Waals surface area contributed by atoms with Crippen LogP contribution in [-0.2, 0) is 4.79 Å². The molecule has 0 aliphatic rings. The number of nitrogens with one attached hydrogen (secondary N) is 3. The van der Waals surface area contributed by atoms with Gasteiger partial charge in [-0.05, 0) is 37.6 Å². The molecule has 0 spiro atoms. The highest BCUT2D eigenvalue weighted by molar-refractivity contribution is 6.03. The van der Waals surface area contributed by atoms with Gasteiger partial charge in [0.05, 0.1) is 6.21 Å². The molecular formula is C23H22N6O2. The molecule has 8 nitrogen and oxygen atoms in total. The molecule has 3 rings (SSSR count). The maximum atomic E-state index is 12.7. The summed E-state index contributed by atoms with van der Waals surface area (Å²) in [6.45, 7) is 3.81. The molecule has 8 heteroatoms. The first-order chi connectivity index (χ1) is 15.0. The van der Waals surface area contributed by atoms with Gasteiger partial charge in [0.25, 0.3) is 11.8 Å². The minimum atomic E-state index is -0.604. The summed E-state index contributed by atoms with van der Waals surface area (Å²) in [5.41, 5.74) is 5.50. The number of anilines is 1. The van der Waals surface area contributed by atoms with E-state index in [1.54, 1.807) is 42.6 Å². The molecule has 0 radical (unpaired) electrons. The molecule has 0 unspecified atom stereocenters. The summed E-state index contributed by atoms with van der Waals surface area (Å²) in [5, 5.41) is 9.38. The van der Waals surface area contributed by atoms with E-state index in [1.165, 1.54) is 12.4 Å². The molecule has 0 aliphatic carbocycles. The van der Waals surface area contributed by atoms with Crippen LogP contribution < -0.4 is 16.1 Å². The summed E-state index contributed by atoms with van der Waals surface area (Å²) < 4.78 is 0. The molecule has 0 saturated heterocycles. The van der Waals surface area contributed by atoms with E-state index in [0.717, 1.165) is 16.8 Å². The summed E-state index contributed by atoms with van der Waals surface area (Å²) in [4.78, 5) is 33.5. The topological polar surface area (TPSA) is 108 Å². The van der Waals surface area contributed by atoms with Crippen molar-refractivity contribution >= 4 is 24.0 Å². The third kappa shape index (κ3) is 6.60. The van der Waals surface area contributed by atoms with E-state index < -0.39 is 11.8 Å². The number of amides is 2. The van der Waals surface area contributed by atoms with Crippen LogP contribution in [0.3, 0.4) is 0 Å². The van der Waals surface area contributed by atoms with Gasteiger partial charge in [0.2, 0.25) is 5.95 Å². The van der Waals surface area contributed by atoms with Crippen LogP contribution in [0.15, 0.2) is 83.9 Å². The lowest BCUT2D eigenvalue weighted by Crippen LogP contribution is -2.33. The van der Waals surface area contributed by atoms with Crippen LogP contribution in [-0.4, -0.2) is 28.0 Å². The lowest BCUT2D eigenvalue weighted by Gasteiger charge is -2.09. The van der Waals surface area contributed by atoms with Crippen molar-refractivity contribution in [2.24, 2.45) is 5.10 Å². The molecule has 156 valence electrons. The predicted molar refractivity (Wildman–Crippen MR) is 119 cm³/mol. The first-order valence-corrected chi connectivity index (χ1v) is 9.54. The van der Waals surface area contributed by atoms with Gasteiger partial charge < -0.3 is 10.6 Å². The average Bonchev–Trinajstić information content (AvgIpc) is 2.78. The van der Waals surface area contributed by atoms with Crippen LogP contribution in [0.1, 0.15) is 27.2 Å². The second kappa shape index (κ2) is 10.4. The highest BCUT2D eigenvalue weighted by atomic mass is 16.2. The number of aromatic nitrogens is 2. The van der Waals surface area contributed by atoms with Crippen LogP contribution >= 0.6 is 0 Å². The number of aryl methyl sites for hydroxylation is 2. The number of benzene rings is 2. The third-order valence-corrected chi connectivity index (χ3v) is 4.13. The van der Waals surface area contributed by atoms with Gasteiger partial charge in [-0.2, -0.15) is 5.10 Å². The zero-order valence-electron chi connectivity index (χ0n) is 17.2. The zero-order valence-corrected chi connectivity index (χ0v) is 17.2. The van der Waals surface area contributed by atoms with Crippen molar-refractivity contribution in [3.63, 3.8) is 0 Å².